The van der Waals surface area contributed by atoms with Crippen LogP contribution in [0.1, 0.15) is 271 Å². The topological polar surface area (TPSA) is 183 Å². The first-order chi connectivity index (χ1) is 35.5. The number of aliphatic hydroxyl groups excluding tert-OH is 2. The highest BCUT2D eigenvalue weighted by Gasteiger charge is 2.20. The highest BCUT2D eigenvalue weighted by Crippen LogP contribution is 2.17. The molecule has 0 aromatic carbocycles. The van der Waals surface area contributed by atoms with Crippen LogP contribution < -0.4 is 0 Å². The van der Waals surface area contributed by atoms with Gasteiger partial charge in [-0.15, -0.1) is 0 Å². The number of carboxylic acids is 1. The Morgan fingerprint density at radius 1 is 0.384 bits per heavy atom. The fraction of sp³-hybridized carbons (Fsp3) is 0.787. The molecule has 0 heterocycles. The molecular weight excluding hydrogens is 925 g/mol. The van der Waals surface area contributed by atoms with Crippen LogP contribution in [0.3, 0.4) is 0 Å². The van der Waals surface area contributed by atoms with E-state index in [1.54, 1.807) is 0 Å². The Balaban J connectivity index is 4.71. The predicted octanol–water partition coefficient (Wildman–Crippen LogP) is 15.2. The van der Waals surface area contributed by atoms with E-state index in [0.717, 1.165) is 173 Å². The molecular formula is C61H106O12. The van der Waals surface area contributed by atoms with Crippen LogP contribution in [-0.2, 0) is 42.9 Å². The summed E-state index contributed by atoms with van der Waals surface area (Å²) in [5, 5.41) is 29.1. The SMILES string of the molecule is CCCCCCC(O)C/C=C\CCCCCCCC(=O)OCC(COC(=O)CCCCCCC/C=C\CC(CCCCCC)OC(=O)/C=C\C(=O)O)OC(=O)CCCCCCC/C=C\CC(O)CCCCCC. The van der Waals surface area contributed by atoms with E-state index in [9.17, 15) is 34.2 Å². The molecule has 0 aliphatic heterocycles. The third kappa shape index (κ3) is 51.5. The first kappa shape index (κ1) is 69.2. The van der Waals surface area contributed by atoms with Gasteiger partial charge in [0.25, 0.3) is 0 Å². The first-order valence-corrected chi connectivity index (χ1v) is 29.4. The van der Waals surface area contributed by atoms with E-state index >= 15 is 0 Å². The van der Waals surface area contributed by atoms with Gasteiger partial charge in [0.1, 0.15) is 19.3 Å². The van der Waals surface area contributed by atoms with Crippen molar-refractivity contribution in [1.82, 2.24) is 0 Å². The van der Waals surface area contributed by atoms with Gasteiger partial charge in [0, 0.05) is 37.8 Å². The van der Waals surface area contributed by atoms with Crippen molar-refractivity contribution < 1.29 is 58.2 Å². The normalized spacial score (nSPS) is 13.5. The van der Waals surface area contributed by atoms with Gasteiger partial charge >= 0.3 is 29.8 Å². The molecule has 0 aliphatic rings. The number of aliphatic hydroxyl groups is 2. The molecule has 3 N–H and O–H groups in total. The third-order valence-corrected chi connectivity index (χ3v) is 12.9. The number of hydrogen-bond donors (Lipinski definition) is 3. The van der Waals surface area contributed by atoms with Crippen LogP contribution in [-0.4, -0.2) is 82.8 Å². The maximum absolute atomic E-state index is 12.9. The van der Waals surface area contributed by atoms with E-state index < -0.39 is 24.0 Å². The second kappa shape index (κ2) is 53.1. The quantitative estimate of drug-likeness (QED) is 0.0173. The molecule has 0 saturated heterocycles. The minimum atomic E-state index is -1.19. The molecule has 12 heteroatoms. The number of carbonyl (C=O) groups excluding carboxylic acids is 4. The third-order valence-electron chi connectivity index (χ3n) is 12.9. The summed E-state index contributed by atoms with van der Waals surface area (Å²) in [7, 11) is 0. The number of unbranched alkanes of at least 4 members (excludes halogenated alkanes) is 24. The number of rotatable bonds is 53. The lowest BCUT2D eigenvalue weighted by Crippen LogP contribution is -2.30. The van der Waals surface area contributed by atoms with Crippen LogP contribution in [0.15, 0.2) is 48.6 Å². The van der Waals surface area contributed by atoms with E-state index in [0.29, 0.717) is 32.1 Å². The molecule has 0 fully saturated rings. The summed E-state index contributed by atoms with van der Waals surface area (Å²) in [4.78, 5) is 61.1. The molecule has 0 radical (unpaired) electrons. The molecule has 0 spiro atoms. The van der Waals surface area contributed by atoms with Crippen molar-refractivity contribution in [3.8, 4) is 0 Å². The standard InChI is InChI=1S/C61H106O12/c1-4-7-10-31-40-53(62)42-33-25-19-13-16-22-28-37-46-58(66)70-51-56(73-60(68)48-39-30-24-17-14-20-26-34-43-54(63)41-32-11-8-5-2)52-71-59(67)47-38-29-23-18-15-21-27-36-45-55(44-35-12-9-6-3)72-61(69)50-49-57(64)65/h25-27,33-34,36,49-50,53-56,62-63H,4-24,28-32,35,37-48,51-52H2,1-3H3,(H,64,65)/b33-25-,34-26-,36-27-,50-49-. The van der Waals surface area contributed by atoms with E-state index in [1.807, 2.05) is 6.08 Å². The maximum atomic E-state index is 12.9. The van der Waals surface area contributed by atoms with Gasteiger partial charge < -0.3 is 34.3 Å². The smallest absolute Gasteiger partial charge is 0.331 e. The molecule has 0 aromatic rings. The van der Waals surface area contributed by atoms with Crippen molar-refractivity contribution in [2.24, 2.45) is 0 Å². The van der Waals surface area contributed by atoms with Crippen molar-refractivity contribution in [3.05, 3.63) is 48.6 Å². The molecule has 0 amide bonds. The molecule has 4 atom stereocenters. The van der Waals surface area contributed by atoms with Crippen LogP contribution in [0.4, 0.5) is 0 Å². The summed E-state index contributed by atoms with van der Waals surface area (Å²) < 4.78 is 22.3. The summed E-state index contributed by atoms with van der Waals surface area (Å²) >= 11 is 0. The largest absolute Gasteiger partial charge is 0.478 e. The zero-order valence-electron chi connectivity index (χ0n) is 46.4. The molecule has 422 valence electrons. The molecule has 0 rings (SSSR count). The van der Waals surface area contributed by atoms with E-state index in [-0.39, 0.29) is 62.7 Å². The number of hydrogen-bond acceptors (Lipinski definition) is 11. The fourth-order valence-electron chi connectivity index (χ4n) is 8.39. The van der Waals surface area contributed by atoms with Crippen molar-refractivity contribution in [1.29, 1.82) is 0 Å². The van der Waals surface area contributed by atoms with Gasteiger partial charge in [-0.25, -0.2) is 9.59 Å². The molecule has 4 unspecified atom stereocenters. The van der Waals surface area contributed by atoms with Gasteiger partial charge in [0.15, 0.2) is 6.10 Å². The highest BCUT2D eigenvalue weighted by molar-refractivity contribution is 5.90. The van der Waals surface area contributed by atoms with E-state index in [1.165, 1.54) is 38.5 Å². The van der Waals surface area contributed by atoms with Gasteiger partial charge in [-0.05, 0) is 96.3 Å². The Kier molecular flexibility index (Phi) is 50.3. The Morgan fingerprint density at radius 3 is 1.18 bits per heavy atom. The number of esters is 4. The van der Waals surface area contributed by atoms with Gasteiger partial charge in [0.05, 0.1) is 12.2 Å². The van der Waals surface area contributed by atoms with Crippen molar-refractivity contribution in [2.45, 2.75) is 296 Å². The summed E-state index contributed by atoms with van der Waals surface area (Å²) in [6, 6.07) is 0. The minimum Gasteiger partial charge on any atom is -0.478 e. The molecule has 0 bridgehead atoms. The number of aliphatic carboxylic acids is 1. The number of carboxylic acid groups (broad SMARTS) is 1. The number of ether oxygens (including phenoxy) is 4. The van der Waals surface area contributed by atoms with Gasteiger partial charge in [0.2, 0.25) is 0 Å². The average molecular weight is 1030 g/mol. The Bertz CT molecular complexity index is 1450. The predicted molar refractivity (Wildman–Crippen MR) is 295 cm³/mol. The number of carbonyl (C=O) groups is 5. The van der Waals surface area contributed by atoms with Crippen molar-refractivity contribution >= 4 is 29.8 Å². The van der Waals surface area contributed by atoms with Gasteiger partial charge in [-0.3, -0.25) is 14.4 Å². The van der Waals surface area contributed by atoms with Crippen molar-refractivity contribution in [3.63, 3.8) is 0 Å². The zero-order chi connectivity index (χ0) is 53.7. The van der Waals surface area contributed by atoms with Crippen LogP contribution in [0.25, 0.3) is 0 Å². The fourth-order valence-corrected chi connectivity index (χ4v) is 8.39. The van der Waals surface area contributed by atoms with E-state index in [2.05, 4.69) is 51.2 Å². The van der Waals surface area contributed by atoms with Crippen LogP contribution in [0.5, 0.6) is 0 Å². The van der Waals surface area contributed by atoms with Gasteiger partial charge in [-0.2, -0.15) is 0 Å². The molecule has 0 aliphatic carbocycles. The lowest BCUT2D eigenvalue weighted by Gasteiger charge is -2.18. The Hall–Kier alpha value is -3.77. The molecule has 0 aromatic heterocycles. The van der Waals surface area contributed by atoms with Crippen LogP contribution in [0, 0.1) is 0 Å². The minimum absolute atomic E-state index is 0.162. The Labute approximate surface area is 444 Å². The monoisotopic (exact) mass is 1030 g/mol. The summed E-state index contributed by atoms with van der Waals surface area (Å²) in [6.45, 7) is 6.19. The second-order valence-electron chi connectivity index (χ2n) is 20.1. The van der Waals surface area contributed by atoms with Crippen LogP contribution in [0.2, 0.25) is 0 Å². The summed E-state index contributed by atoms with van der Waals surface area (Å²) in [5.74, 6) is -2.96. The molecule has 73 heavy (non-hydrogen) atoms. The van der Waals surface area contributed by atoms with Crippen molar-refractivity contribution in [2.75, 3.05) is 13.2 Å². The number of allylic oxidation sites excluding steroid dienone is 3. The summed E-state index contributed by atoms with van der Waals surface area (Å²) in [6.07, 6.45) is 48.5. The lowest BCUT2D eigenvalue weighted by molar-refractivity contribution is -0.167. The Morgan fingerprint density at radius 2 is 0.753 bits per heavy atom. The lowest BCUT2D eigenvalue weighted by atomic mass is 10.1. The molecule has 12 nitrogen and oxygen atoms in total. The van der Waals surface area contributed by atoms with E-state index in [4.69, 9.17) is 24.1 Å². The summed E-state index contributed by atoms with van der Waals surface area (Å²) in [5.41, 5.74) is 0. The zero-order valence-corrected chi connectivity index (χ0v) is 46.4. The van der Waals surface area contributed by atoms with Crippen LogP contribution >= 0.6 is 0 Å². The average Bonchev–Trinajstić information content (AvgIpc) is 3.37. The molecule has 0 saturated carbocycles. The van der Waals surface area contributed by atoms with Gasteiger partial charge in [-0.1, -0.05) is 186 Å². The maximum Gasteiger partial charge on any atom is 0.331 e. The highest BCUT2D eigenvalue weighted by atomic mass is 16.6. The first-order valence-electron chi connectivity index (χ1n) is 29.4. The second-order valence-corrected chi connectivity index (χ2v) is 20.1.